The first kappa shape index (κ1) is 29.8. The van der Waals surface area contributed by atoms with E-state index in [-0.39, 0.29) is 0 Å². The molecule has 0 amide bonds. The molecule has 4 heterocycles. The van der Waals surface area contributed by atoms with Gasteiger partial charge in [0.05, 0.1) is 33.5 Å². The zero-order valence-corrected chi connectivity index (χ0v) is 28.1. The molecule has 10 rings (SSSR count). The molecule has 0 radical (unpaired) electrons. The van der Waals surface area contributed by atoms with Crippen LogP contribution in [0.5, 0.6) is 0 Å². The van der Waals surface area contributed by atoms with Gasteiger partial charge in [-0.15, -0.1) is 0 Å². The van der Waals surface area contributed by atoms with Crippen LogP contribution in [0.3, 0.4) is 0 Å². The van der Waals surface area contributed by atoms with E-state index in [1.54, 1.807) is 0 Å². The summed E-state index contributed by atoms with van der Waals surface area (Å²) < 4.78 is 0. The summed E-state index contributed by atoms with van der Waals surface area (Å²) in [5, 5.41) is 4.38. The normalized spacial score (nSPS) is 11.5. The molecule has 4 nitrogen and oxygen atoms in total. The van der Waals surface area contributed by atoms with Gasteiger partial charge in [-0.25, -0.2) is 9.97 Å². The van der Waals surface area contributed by atoms with Crippen molar-refractivity contribution in [2.45, 2.75) is 0 Å². The minimum atomic E-state index is 0.918. The van der Waals surface area contributed by atoms with E-state index in [0.29, 0.717) is 0 Å². The van der Waals surface area contributed by atoms with Crippen LogP contribution >= 0.6 is 0 Å². The number of aromatic nitrogens is 4. The molecule has 0 aliphatic heterocycles. The zero-order valence-electron chi connectivity index (χ0n) is 28.1. The Balaban J connectivity index is 0.958. The summed E-state index contributed by atoms with van der Waals surface area (Å²) >= 11 is 0. The molecule has 0 aliphatic carbocycles. The third-order valence-corrected chi connectivity index (χ3v) is 9.96. The van der Waals surface area contributed by atoms with Crippen molar-refractivity contribution in [3.8, 4) is 55.9 Å². The summed E-state index contributed by atoms with van der Waals surface area (Å²) in [6.45, 7) is 0. The van der Waals surface area contributed by atoms with Gasteiger partial charge in [-0.05, 0) is 75.8 Å². The Morgan fingerprint density at radius 3 is 1.56 bits per heavy atom. The van der Waals surface area contributed by atoms with Crippen molar-refractivity contribution in [1.82, 2.24) is 19.9 Å². The molecule has 242 valence electrons. The summed E-state index contributed by atoms with van der Waals surface area (Å²) in [5.41, 5.74) is 14.7. The molecule has 0 N–H and O–H groups in total. The molecule has 4 heteroatoms. The van der Waals surface area contributed by atoms with Crippen LogP contribution in [0, 0.1) is 0 Å². The Hall–Kier alpha value is -7.04. The van der Waals surface area contributed by atoms with Gasteiger partial charge in [0.2, 0.25) is 0 Å². The first-order valence-corrected chi connectivity index (χ1v) is 17.4. The second-order valence-electron chi connectivity index (χ2n) is 13.1. The van der Waals surface area contributed by atoms with Crippen molar-refractivity contribution < 1.29 is 0 Å². The molecule has 0 fully saturated rings. The van der Waals surface area contributed by atoms with Crippen LogP contribution in [-0.4, -0.2) is 19.9 Å². The fourth-order valence-electron chi connectivity index (χ4n) is 7.22. The molecule has 0 aliphatic rings. The van der Waals surface area contributed by atoms with Crippen molar-refractivity contribution in [2.24, 2.45) is 0 Å². The van der Waals surface area contributed by atoms with Crippen LogP contribution in [0.1, 0.15) is 0 Å². The monoisotopic (exact) mass is 662 g/mol. The SMILES string of the molecule is c1ccc(-c2ccc(-c3ccc4ccc(-c5ccc6ccc(-c7ccc(-c8cc9cccnc9c9ncccc89)cc7)nc6c5)nc4c3)cc2)cc1. The second-order valence-corrected chi connectivity index (χ2v) is 13.1. The smallest absolute Gasteiger partial charge is 0.0970 e. The maximum atomic E-state index is 5.13. The molecule has 4 aromatic heterocycles. The van der Waals surface area contributed by atoms with E-state index in [1.807, 2.05) is 30.6 Å². The number of hydrogen-bond donors (Lipinski definition) is 0. The standard InChI is InChI=1S/C48H30N4/c1-2-6-31(7-3-1)32-10-12-33(13-11-32)38-20-18-36-23-25-44(52-45(36)29-38)39-21-19-37-22-24-43(51-46(37)30-39)35-16-14-34(15-17-35)42-28-40-8-4-26-49-47(40)48-41(42)9-5-27-50-48/h1-30H. The maximum Gasteiger partial charge on any atom is 0.0970 e. The van der Waals surface area contributed by atoms with E-state index < -0.39 is 0 Å². The fraction of sp³-hybridized carbons (Fsp3) is 0. The highest BCUT2D eigenvalue weighted by Gasteiger charge is 2.12. The molecule has 6 aromatic carbocycles. The van der Waals surface area contributed by atoms with E-state index in [4.69, 9.17) is 9.97 Å². The van der Waals surface area contributed by atoms with E-state index in [1.165, 1.54) is 16.7 Å². The lowest BCUT2D eigenvalue weighted by atomic mass is 9.96. The molecular weight excluding hydrogens is 633 g/mol. The minimum absolute atomic E-state index is 0.918. The van der Waals surface area contributed by atoms with Crippen molar-refractivity contribution >= 4 is 43.6 Å². The molecule has 52 heavy (non-hydrogen) atoms. The largest absolute Gasteiger partial charge is 0.254 e. The van der Waals surface area contributed by atoms with Crippen molar-refractivity contribution in [2.75, 3.05) is 0 Å². The number of nitrogens with zero attached hydrogens (tertiary/aromatic N) is 4. The van der Waals surface area contributed by atoms with Gasteiger partial charge < -0.3 is 0 Å². The summed E-state index contributed by atoms with van der Waals surface area (Å²) in [6, 6.07) is 59.7. The Labute approximate surface area is 300 Å². The Bertz CT molecular complexity index is 2940. The molecule has 0 bridgehead atoms. The van der Waals surface area contributed by atoms with Gasteiger partial charge in [0, 0.05) is 45.1 Å². The Kier molecular flexibility index (Phi) is 7.10. The van der Waals surface area contributed by atoms with E-state index in [0.717, 1.165) is 82.8 Å². The van der Waals surface area contributed by atoms with Gasteiger partial charge >= 0.3 is 0 Å². The molecule has 0 spiro atoms. The number of hydrogen-bond acceptors (Lipinski definition) is 4. The highest BCUT2D eigenvalue weighted by molar-refractivity contribution is 6.10. The van der Waals surface area contributed by atoms with Crippen LogP contribution in [0.25, 0.3) is 99.5 Å². The molecule has 0 saturated heterocycles. The first-order valence-electron chi connectivity index (χ1n) is 17.4. The third kappa shape index (κ3) is 5.34. The van der Waals surface area contributed by atoms with Crippen LogP contribution < -0.4 is 0 Å². The lowest BCUT2D eigenvalue weighted by Crippen LogP contribution is -1.90. The third-order valence-electron chi connectivity index (χ3n) is 9.96. The van der Waals surface area contributed by atoms with Gasteiger partial charge in [0.15, 0.2) is 0 Å². The van der Waals surface area contributed by atoms with Gasteiger partial charge in [0.1, 0.15) is 0 Å². The molecule has 0 saturated carbocycles. The average Bonchev–Trinajstić information content (AvgIpc) is 3.23. The van der Waals surface area contributed by atoms with Crippen molar-refractivity contribution in [1.29, 1.82) is 0 Å². The van der Waals surface area contributed by atoms with Crippen molar-refractivity contribution in [3.63, 3.8) is 0 Å². The van der Waals surface area contributed by atoms with Gasteiger partial charge in [-0.1, -0.05) is 127 Å². The lowest BCUT2D eigenvalue weighted by Gasteiger charge is -2.11. The molecular formula is C48H30N4. The van der Waals surface area contributed by atoms with Crippen LogP contribution in [0.15, 0.2) is 182 Å². The van der Waals surface area contributed by atoms with Crippen LogP contribution in [-0.2, 0) is 0 Å². The van der Waals surface area contributed by atoms with E-state index >= 15 is 0 Å². The number of pyridine rings is 4. The highest BCUT2D eigenvalue weighted by atomic mass is 14.7. The van der Waals surface area contributed by atoms with Crippen LogP contribution in [0.4, 0.5) is 0 Å². The number of benzene rings is 6. The summed E-state index contributed by atoms with van der Waals surface area (Å²) in [6.07, 6.45) is 3.66. The lowest BCUT2D eigenvalue weighted by molar-refractivity contribution is 1.37. The summed E-state index contributed by atoms with van der Waals surface area (Å²) in [5.74, 6) is 0. The van der Waals surface area contributed by atoms with Crippen LogP contribution in [0.2, 0.25) is 0 Å². The average molecular weight is 663 g/mol. The summed E-state index contributed by atoms with van der Waals surface area (Å²) in [7, 11) is 0. The van der Waals surface area contributed by atoms with Gasteiger partial charge in [-0.2, -0.15) is 0 Å². The molecule has 0 atom stereocenters. The predicted octanol–water partition coefficient (Wildman–Crippen LogP) is 12.2. The quantitative estimate of drug-likeness (QED) is 0.172. The fourth-order valence-corrected chi connectivity index (χ4v) is 7.22. The van der Waals surface area contributed by atoms with E-state index in [9.17, 15) is 0 Å². The van der Waals surface area contributed by atoms with Gasteiger partial charge in [0.25, 0.3) is 0 Å². The van der Waals surface area contributed by atoms with Gasteiger partial charge in [-0.3, -0.25) is 9.97 Å². The predicted molar refractivity (Wildman–Crippen MR) is 215 cm³/mol. The zero-order chi connectivity index (χ0) is 34.4. The topological polar surface area (TPSA) is 51.6 Å². The van der Waals surface area contributed by atoms with Crippen molar-refractivity contribution in [3.05, 3.63) is 182 Å². The minimum Gasteiger partial charge on any atom is -0.254 e. The molecule has 0 unspecified atom stereocenters. The Morgan fingerprint density at radius 1 is 0.308 bits per heavy atom. The summed E-state index contributed by atoms with van der Waals surface area (Å²) in [4.78, 5) is 19.5. The van der Waals surface area contributed by atoms with E-state index in [2.05, 4.69) is 162 Å². The number of fused-ring (bicyclic) bond motifs is 5. The maximum absolute atomic E-state index is 5.13. The highest BCUT2D eigenvalue weighted by Crippen LogP contribution is 2.35. The first-order chi connectivity index (χ1) is 25.7. The Morgan fingerprint density at radius 2 is 0.827 bits per heavy atom. The number of rotatable bonds is 5. The second kappa shape index (κ2) is 12.4. The molecule has 10 aromatic rings.